The maximum atomic E-state index is 13.9. The molecule has 1 amide bonds. The number of anilines is 1. The average molecular weight is 484 g/mol. The first-order valence-corrected chi connectivity index (χ1v) is 12.8. The normalized spacial score (nSPS) is 17.9. The zero-order chi connectivity index (χ0) is 23.5. The zero-order valence-electron chi connectivity index (χ0n) is 19.4. The molecule has 7 nitrogen and oxygen atoms in total. The van der Waals surface area contributed by atoms with E-state index in [1.54, 1.807) is 24.5 Å². The Morgan fingerprint density at radius 1 is 1.18 bits per heavy atom. The summed E-state index contributed by atoms with van der Waals surface area (Å²) in [4.78, 5) is 28.4. The molecule has 2 saturated heterocycles. The number of amides is 1. The molecule has 4 heterocycles. The lowest BCUT2D eigenvalue weighted by atomic mass is 10.0. The Morgan fingerprint density at radius 2 is 1.94 bits per heavy atom. The van der Waals surface area contributed by atoms with E-state index in [0.717, 1.165) is 73.8 Å². The number of nitrogens with zero attached hydrogens (tertiary/aromatic N) is 4. The van der Waals surface area contributed by atoms with E-state index in [1.807, 2.05) is 6.92 Å². The molecule has 2 aliphatic rings. The highest BCUT2D eigenvalue weighted by Crippen LogP contribution is 2.36. The number of piperidine rings is 1. The van der Waals surface area contributed by atoms with Crippen molar-refractivity contribution in [2.24, 2.45) is 0 Å². The van der Waals surface area contributed by atoms with Gasteiger partial charge in [-0.25, -0.2) is 14.4 Å². The minimum absolute atomic E-state index is 0.145. The lowest BCUT2D eigenvalue weighted by molar-refractivity contribution is 0.0115. The lowest BCUT2D eigenvalue weighted by Crippen LogP contribution is -2.49. The molecule has 0 spiro atoms. The molecule has 2 aromatic heterocycles. The number of fused-ring (bicyclic) bond motifs is 1. The summed E-state index contributed by atoms with van der Waals surface area (Å²) < 4.78 is 19.4. The Hall–Kier alpha value is -2.62. The van der Waals surface area contributed by atoms with Gasteiger partial charge in [0.05, 0.1) is 23.5 Å². The van der Waals surface area contributed by atoms with Gasteiger partial charge >= 0.3 is 0 Å². The Kier molecular flexibility index (Phi) is 7.03. The van der Waals surface area contributed by atoms with Crippen LogP contribution < -0.4 is 10.2 Å². The van der Waals surface area contributed by atoms with Crippen molar-refractivity contribution in [3.05, 3.63) is 52.4 Å². The maximum Gasteiger partial charge on any atom is 0.261 e. The molecular formula is C25H30FN5O2S. The second kappa shape index (κ2) is 10.3. The molecule has 0 atom stereocenters. The van der Waals surface area contributed by atoms with Crippen molar-refractivity contribution < 1.29 is 13.9 Å². The number of ether oxygens (including phenoxy) is 1. The number of hydrogen-bond acceptors (Lipinski definition) is 7. The molecule has 3 aromatic rings. The molecule has 180 valence electrons. The van der Waals surface area contributed by atoms with Crippen LogP contribution in [0.2, 0.25) is 0 Å². The summed E-state index contributed by atoms with van der Waals surface area (Å²) >= 11 is 1.40. The van der Waals surface area contributed by atoms with E-state index >= 15 is 0 Å². The van der Waals surface area contributed by atoms with Gasteiger partial charge in [0.1, 0.15) is 22.8 Å². The number of aromatic nitrogens is 2. The van der Waals surface area contributed by atoms with Crippen molar-refractivity contribution in [3.63, 3.8) is 0 Å². The minimum atomic E-state index is -0.243. The molecule has 0 aliphatic carbocycles. The predicted octanol–water partition coefficient (Wildman–Crippen LogP) is 3.41. The third-order valence-corrected chi connectivity index (χ3v) is 8.08. The van der Waals surface area contributed by atoms with Gasteiger partial charge in [-0.2, -0.15) is 0 Å². The lowest BCUT2D eigenvalue weighted by Gasteiger charge is -2.40. The minimum Gasteiger partial charge on any atom is -0.379 e. The van der Waals surface area contributed by atoms with Crippen molar-refractivity contribution in [2.45, 2.75) is 32.2 Å². The first-order chi connectivity index (χ1) is 16.6. The number of halogens is 1. The van der Waals surface area contributed by atoms with Gasteiger partial charge in [-0.05, 0) is 43.4 Å². The van der Waals surface area contributed by atoms with E-state index in [1.165, 1.54) is 17.4 Å². The highest BCUT2D eigenvalue weighted by atomic mass is 32.1. The topological polar surface area (TPSA) is 70.6 Å². The van der Waals surface area contributed by atoms with Crippen LogP contribution in [-0.4, -0.2) is 72.8 Å². The largest absolute Gasteiger partial charge is 0.379 e. The van der Waals surface area contributed by atoms with E-state index in [9.17, 15) is 9.18 Å². The van der Waals surface area contributed by atoms with Crippen molar-refractivity contribution in [3.8, 4) is 0 Å². The van der Waals surface area contributed by atoms with Crippen molar-refractivity contribution >= 4 is 33.3 Å². The van der Waals surface area contributed by atoms with Crippen LogP contribution in [0, 0.1) is 12.7 Å². The number of carbonyl (C=O) groups excluding carboxylic acids is 1. The van der Waals surface area contributed by atoms with Crippen LogP contribution in [0.25, 0.3) is 10.2 Å². The number of rotatable bonds is 6. The van der Waals surface area contributed by atoms with Crippen molar-refractivity contribution in [1.29, 1.82) is 0 Å². The summed E-state index contributed by atoms with van der Waals surface area (Å²) in [5.41, 5.74) is 1.51. The SMILES string of the molecule is Cc1c(C(=O)NCCc2ccccc2F)sc2ncnc(N3CCC(N4CCOCC4)CC3)c12. The number of benzene rings is 1. The molecule has 0 unspecified atom stereocenters. The quantitative estimate of drug-likeness (QED) is 0.580. The van der Waals surface area contributed by atoms with E-state index in [4.69, 9.17) is 4.74 Å². The summed E-state index contributed by atoms with van der Waals surface area (Å²) in [5, 5.41) is 3.91. The summed E-state index contributed by atoms with van der Waals surface area (Å²) in [6.45, 7) is 7.90. The molecule has 0 saturated carbocycles. The van der Waals surface area contributed by atoms with Gasteiger partial charge in [-0.1, -0.05) is 18.2 Å². The average Bonchev–Trinajstić information content (AvgIpc) is 3.22. The second-order valence-electron chi connectivity index (χ2n) is 8.90. The van der Waals surface area contributed by atoms with E-state index in [2.05, 4.69) is 25.1 Å². The summed E-state index contributed by atoms with van der Waals surface area (Å²) in [7, 11) is 0. The van der Waals surface area contributed by atoms with Crippen LogP contribution >= 0.6 is 11.3 Å². The Labute approximate surface area is 202 Å². The van der Waals surface area contributed by atoms with Crippen LogP contribution in [0.3, 0.4) is 0 Å². The highest BCUT2D eigenvalue weighted by molar-refractivity contribution is 7.20. The van der Waals surface area contributed by atoms with Crippen LogP contribution in [0.4, 0.5) is 10.2 Å². The highest BCUT2D eigenvalue weighted by Gasteiger charge is 2.28. The molecular weight excluding hydrogens is 453 g/mol. The molecule has 2 fully saturated rings. The van der Waals surface area contributed by atoms with Gasteiger partial charge in [-0.15, -0.1) is 11.3 Å². The van der Waals surface area contributed by atoms with Crippen LogP contribution in [-0.2, 0) is 11.2 Å². The monoisotopic (exact) mass is 483 g/mol. The van der Waals surface area contributed by atoms with Crippen LogP contribution in [0.15, 0.2) is 30.6 Å². The van der Waals surface area contributed by atoms with E-state index in [0.29, 0.717) is 29.4 Å². The fourth-order valence-electron chi connectivity index (χ4n) is 4.99. The number of thiophene rings is 1. The fraction of sp³-hybridized carbons (Fsp3) is 0.480. The van der Waals surface area contributed by atoms with Gasteiger partial charge in [0.15, 0.2) is 0 Å². The fourth-order valence-corrected chi connectivity index (χ4v) is 6.05. The summed E-state index contributed by atoms with van der Waals surface area (Å²) in [6, 6.07) is 7.26. The zero-order valence-corrected chi connectivity index (χ0v) is 20.2. The molecule has 0 bridgehead atoms. The van der Waals surface area contributed by atoms with Gasteiger partial charge in [0.2, 0.25) is 0 Å². The van der Waals surface area contributed by atoms with Crippen LogP contribution in [0.1, 0.15) is 33.6 Å². The van der Waals surface area contributed by atoms with E-state index in [-0.39, 0.29) is 11.7 Å². The second-order valence-corrected chi connectivity index (χ2v) is 9.90. The third kappa shape index (κ3) is 4.78. The smallest absolute Gasteiger partial charge is 0.261 e. The molecule has 0 radical (unpaired) electrons. The third-order valence-electron chi connectivity index (χ3n) is 6.88. The number of hydrogen-bond donors (Lipinski definition) is 1. The summed E-state index contributed by atoms with van der Waals surface area (Å²) in [5.74, 6) is 0.533. The van der Waals surface area contributed by atoms with Crippen molar-refractivity contribution in [1.82, 2.24) is 20.2 Å². The molecule has 9 heteroatoms. The molecule has 2 aliphatic heterocycles. The molecule has 1 aromatic carbocycles. The number of aryl methyl sites for hydroxylation is 1. The van der Waals surface area contributed by atoms with Gasteiger partial charge in [0.25, 0.3) is 5.91 Å². The Balaban J connectivity index is 1.27. The number of morpholine rings is 1. The summed E-state index contributed by atoms with van der Waals surface area (Å²) in [6.07, 6.45) is 4.24. The van der Waals surface area contributed by atoms with E-state index < -0.39 is 0 Å². The number of carbonyl (C=O) groups is 1. The van der Waals surface area contributed by atoms with Gasteiger partial charge in [0, 0.05) is 38.8 Å². The Bertz CT molecular complexity index is 1160. The molecule has 1 N–H and O–H groups in total. The van der Waals surface area contributed by atoms with Gasteiger partial charge < -0.3 is 15.0 Å². The first-order valence-electron chi connectivity index (χ1n) is 11.9. The van der Waals surface area contributed by atoms with Crippen LogP contribution in [0.5, 0.6) is 0 Å². The maximum absolute atomic E-state index is 13.9. The molecule has 5 rings (SSSR count). The standard InChI is InChI=1S/C25H30FN5O2S/c1-17-21-23(31-10-7-19(8-11-31)30-12-14-33-15-13-30)28-16-29-25(21)34-22(17)24(32)27-9-6-18-4-2-3-5-20(18)26/h2-5,16,19H,6-15H2,1H3,(H,27,32). The first kappa shape index (κ1) is 23.1. The van der Waals surface area contributed by atoms with Crippen molar-refractivity contribution in [2.75, 3.05) is 50.8 Å². The predicted molar refractivity (Wildman–Crippen MR) is 132 cm³/mol. The number of nitrogens with one attached hydrogen (secondary N) is 1. The van der Waals surface area contributed by atoms with Gasteiger partial charge in [-0.3, -0.25) is 9.69 Å². The Morgan fingerprint density at radius 3 is 2.71 bits per heavy atom. The molecule has 34 heavy (non-hydrogen) atoms.